The van der Waals surface area contributed by atoms with Crippen molar-refractivity contribution in [2.24, 2.45) is 0 Å². The van der Waals surface area contributed by atoms with Crippen LogP contribution in [0.15, 0.2) is 41.4 Å². The summed E-state index contributed by atoms with van der Waals surface area (Å²) in [6.07, 6.45) is 1.63. The van der Waals surface area contributed by atoms with Crippen molar-refractivity contribution >= 4 is 39.3 Å². The van der Waals surface area contributed by atoms with Gasteiger partial charge < -0.3 is 4.74 Å². The van der Waals surface area contributed by atoms with Gasteiger partial charge in [0.2, 0.25) is 0 Å². The highest BCUT2D eigenvalue weighted by Gasteiger charge is 2.36. The van der Waals surface area contributed by atoms with Gasteiger partial charge in [0.15, 0.2) is 0 Å². The summed E-state index contributed by atoms with van der Waals surface area (Å²) in [6.45, 7) is 8.86. The summed E-state index contributed by atoms with van der Waals surface area (Å²) in [5, 5.41) is 9.77. The molecule has 0 fully saturated rings. The fourth-order valence-electron chi connectivity index (χ4n) is 2.74. The van der Waals surface area contributed by atoms with E-state index in [2.05, 4.69) is 10.4 Å². The Labute approximate surface area is 177 Å². The Morgan fingerprint density at radius 3 is 2.45 bits per heavy atom. The van der Waals surface area contributed by atoms with E-state index in [4.69, 9.17) is 10.00 Å². The van der Waals surface area contributed by atoms with E-state index in [1.54, 1.807) is 65.1 Å². The molecule has 3 aromatic rings. The van der Waals surface area contributed by atoms with Crippen LogP contribution in [-0.2, 0) is 9.53 Å². The van der Waals surface area contributed by atoms with Crippen molar-refractivity contribution in [3.05, 3.63) is 47.9 Å². The van der Waals surface area contributed by atoms with E-state index < -0.39 is 22.1 Å². The fourth-order valence-corrected chi connectivity index (χ4v) is 4.71. The van der Waals surface area contributed by atoms with Crippen molar-refractivity contribution < 1.29 is 13.9 Å². The molecule has 0 N–H and O–H groups in total. The Morgan fingerprint density at radius 1 is 1.21 bits per heavy atom. The van der Waals surface area contributed by atoms with E-state index in [1.165, 1.54) is 17.6 Å². The molecule has 0 amide bonds. The van der Waals surface area contributed by atoms with Crippen molar-refractivity contribution in [3.63, 3.8) is 0 Å². The zero-order chi connectivity index (χ0) is 21.4. The van der Waals surface area contributed by atoms with Gasteiger partial charge in [-0.1, -0.05) is 12.1 Å². The molecule has 0 aliphatic carbocycles. The number of nitrogens with zero attached hydrogens (tertiary/aromatic N) is 2. The van der Waals surface area contributed by atoms with Crippen molar-refractivity contribution in [2.75, 3.05) is 0 Å². The smallest absolute Gasteiger partial charge is 0.322 e. The van der Waals surface area contributed by atoms with E-state index in [-0.39, 0.29) is 0 Å². The van der Waals surface area contributed by atoms with Crippen LogP contribution in [0.25, 0.3) is 21.2 Å². The minimum absolute atomic E-state index is 0.363. The average molecular weight is 429 g/mol. The molecule has 0 bridgehead atoms. The van der Waals surface area contributed by atoms with E-state index >= 15 is 4.39 Å². The SMILES string of the molecule is CC(C)(C)OC(=O)C(C)(C)Sc1c(F)cc2cnsc2c1-c1ccc(C#N)cc1. The predicted octanol–water partition coefficient (Wildman–Crippen LogP) is 6.19. The number of hydrogen-bond donors (Lipinski definition) is 0. The summed E-state index contributed by atoms with van der Waals surface area (Å²) < 4.78 is 24.7. The molecule has 29 heavy (non-hydrogen) atoms. The van der Waals surface area contributed by atoms with Gasteiger partial charge in [0, 0.05) is 17.1 Å². The van der Waals surface area contributed by atoms with Crippen LogP contribution >= 0.6 is 23.3 Å². The Kier molecular flexibility index (Phi) is 5.70. The minimum Gasteiger partial charge on any atom is -0.459 e. The molecule has 1 aromatic heterocycles. The molecule has 0 radical (unpaired) electrons. The number of thioether (sulfide) groups is 1. The molecule has 0 unspecified atom stereocenters. The van der Waals surface area contributed by atoms with Crippen LogP contribution in [0.2, 0.25) is 0 Å². The van der Waals surface area contributed by atoms with Crippen LogP contribution in [0, 0.1) is 17.1 Å². The molecule has 0 saturated heterocycles. The lowest BCUT2D eigenvalue weighted by atomic mass is 10.0. The Morgan fingerprint density at radius 2 is 1.86 bits per heavy atom. The molecule has 150 valence electrons. The molecule has 4 nitrogen and oxygen atoms in total. The molecule has 3 rings (SSSR count). The number of aromatic nitrogens is 1. The quantitative estimate of drug-likeness (QED) is 0.366. The maximum Gasteiger partial charge on any atom is 0.322 e. The number of hydrogen-bond acceptors (Lipinski definition) is 6. The van der Waals surface area contributed by atoms with Gasteiger partial charge in [0.05, 0.1) is 21.2 Å². The summed E-state index contributed by atoms with van der Waals surface area (Å²) in [5.74, 6) is -0.830. The van der Waals surface area contributed by atoms with Gasteiger partial charge in [-0.3, -0.25) is 4.79 Å². The average Bonchev–Trinajstić information content (AvgIpc) is 3.08. The third kappa shape index (κ3) is 4.60. The van der Waals surface area contributed by atoms with E-state index in [1.807, 2.05) is 0 Å². The van der Waals surface area contributed by atoms with Gasteiger partial charge in [-0.15, -0.1) is 11.8 Å². The van der Waals surface area contributed by atoms with Crippen LogP contribution in [0.5, 0.6) is 0 Å². The number of benzene rings is 2. The lowest BCUT2D eigenvalue weighted by molar-refractivity contribution is -0.156. The Balaban J connectivity index is 2.13. The van der Waals surface area contributed by atoms with Crippen LogP contribution in [0.4, 0.5) is 4.39 Å². The first kappa shape index (κ1) is 21.3. The third-order valence-electron chi connectivity index (χ3n) is 4.10. The molecule has 7 heteroatoms. The second kappa shape index (κ2) is 7.77. The lowest BCUT2D eigenvalue weighted by Crippen LogP contribution is -2.36. The lowest BCUT2D eigenvalue weighted by Gasteiger charge is -2.28. The van der Waals surface area contributed by atoms with Gasteiger partial charge >= 0.3 is 5.97 Å². The standard InChI is InChI=1S/C22H21FN2O2S2/c1-21(2,3)27-20(26)22(4,5)28-19-16(23)10-15-12-25-29-18(15)17(19)14-8-6-13(11-24)7-9-14/h6-10,12H,1-5H3. The number of rotatable bonds is 4. The van der Waals surface area contributed by atoms with Gasteiger partial charge in [0.1, 0.15) is 16.2 Å². The maximum atomic E-state index is 15.2. The Bertz CT molecular complexity index is 1110. The normalized spacial score (nSPS) is 12.0. The number of halogens is 1. The van der Waals surface area contributed by atoms with Crippen molar-refractivity contribution in [1.29, 1.82) is 5.26 Å². The highest BCUT2D eigenvalue weighted by molar-refractivity contribution is 8.01. The molecule has 0 aliphatic rings. The van der Waals surface area contributed by atoms with E-state index in [9.17, 15) is 4.79 Å². The summed E-state index contributed by atoms with van der Waals surface area (Å²) in [4.78, 5) is 13.1. The van der Waals surface area contributed by atoms with Crippen LogP contribution in [-0.4, -0.2) is 20.7 Å². The third-order valence-corrected chi connectivity index (χ3v) is 6.22. The maximum absolute atomic E-state index is 15.2. The first-order valence-electron chi connectivity index (χ1n) is 9.02. The fraction of sp³-hybridized carbons (Fsp3) is 0.318. The summed E-state index contributed by atoms with van der Waals surface area (Å²) in [5.41, 5.74) is 1.33. The van der Waals surface area contributed by atoms with Gasteiger partial charge in [-0.25, -0.2) is 4.39 Å². The number of nitriles is 1. The first-order chi connectivity index (χ1) is 13.5. The monoisotopic (exact) mass is 428 g/mol. The first-order valence-corrected chi connectivity index (χ1v) is 10.6. The second-order valence-corrected chi connectivity index (χ2v) is 10.5. The largest absolute Gasteiger partial charge is 0.459 e. The number of carbonyl (C=O) groups excluding carboxylic acids is 1. The highest BCUT2D eigenvalue weighted by Crippen LogP contribution is 2.45. The van der Waals surface area contributed by atoms with Gasteiger partial charge in [-0.05, 0) is 69.9 Å². The van der Waals surface area contributed by atoms with Crippen molar-refractivity contribution in [1.82, 2.24) is 4.37 Å². The zero-order valence-corrected chi connectivity index (χ0v) is 18.5. The van der Waals surface area contributed by atoms with Crippen molar-refractivity contribution in [2.45, 2.75) is 49.9 Å². The van der Waals surface area contributed by atoms with Crippen LogP contribution < -0.4 is 0 Å². The number of esters is 1. The second-order valence-electron chi connectivity index (χ2n) is 8.11. The van der Waals surface area contributed by atoms with Gasteiger partial charge in [-0.2, -0.15) is 9.64 Å². The molecular formula is C22H21FN2O2S2. The molecule has 0 atom stereocenters. The minimum atomic E-state index is -1.01. The van der Waals surface area contributed by atoms with Crippen LogP contribution in [0.3, 0.4) is 0 Å². The topological polar surface area (TPSA) is 63.0 Å². The summed E-state index contributed by atoms with van der Waals surface area (Å²) >= 11 is 2.41. The molecule has 1 heterocycles. The van der Waals surface area contributed by atoms with Gasteiger partial charge in [0.25, 0.3) is 0 Å². The van der Waals surface area contributed by atoms with Crippen molar-refractivity contribution in [3.8, 4) is 17.2 Å². The zero-order valence-electron chi connectivity index (χ0n) is 16.9. The molecular weight excluding hydrogens is 407 g/mol. The Hall–Kier alpha value is -2.43. The van der Waals surface area contributed by atoms with E-state index in [0.717, 1.165) is 22.0 Å². The van der Waals surface area contributed by atoms with E-state index in [0.29, 0.717) is 21.4 Å². The number of ether oxygens (including phenoxy) is 1. The van der Waals surface area contributed by atoms with Crippen LogP contribution in [0.1, 0.15) is 40.2 Å². The summed E-state index contributed by atoms with van der Waals surface area (Å²) in [7, 11) is 0. The number of carbonyl (C=O) groups is 1. The molecule has 0 saturated carbocycles. The number of fused-ring (bicyclic) bond motifs is 1. The summed E-state index contributed by atoms with van der Waals surface area (Å²) in [6, 6.07) is 10.5. The molecule has 0 aliphatic heterocycles. The molecule has 0 spiro atoms. The highest BCUT2D eigenvalue weighted by atomic mass is 32.2. The predicted molar refractivity (Wildman–Crippen MR) is 116 cm³/mol. The molecule has 2 aromatic carbocycles.